The second kappa shape index (κ2) is 16.6. The zero-order chi connectivity index (χ0) is 63.9. The lowest BCUT2D eigenvalue weighted by Crippen LogP contribution is -2.61. The van der Waals surface area contributed by atoms with Crippen molar-refractivity contribution in [2.24, 2.45) is 0 Å². The Morgan fingerprint density at radius 2 is 0.773 bits per heavy atom. The molecule has 0 amide bonds. The van der Waals surface area contributed by atoms with Gasteiger partial charge in [0.2, 0.25) is 0 Å². The highest BCUT2D eigenvalue weighted by atomic mass is 15.2. The minimum Gasteiger partial charge on any atom is -0.311 e. The molecule has 15 rings (SSSR count). The standard InChI is InChI=1S/C70H51BN4/c1-70(2,3)49-42-67-69-68(43-49)75(60-29-15-10-24-53(60)48-22-8-5-9-23-48)66-45-52(74-63-32-18-13-27-56(63)57-28-14-19-33-64(57)74)39-41-59(66)71(69)58-40-38-51(73-61-30-16-11-25-54(61)55-26-12-17-31-62(55)73)44-65(58)72(67)50-36-34-47(35-37-50)46-20-6-4-7-21-46/h4-45H,1-3H3/i11D,12D,13D,14D,16D,17D,18D,19D,25D,26D,27D,28D,30D,31D,32D,33D. The number of benzene rings is 11. The zero-order valence-electron chi connectivity index (χ0n) is 56.9. The van der Waals surface area contributed by atoms with Crippen molar-refractivity contribution in [1.29, 1.82) is 0 Å². The normalized spacial score (nSPS) is 15.9. The predicted octanol–water partition coefficient (Wildman–Crippen LogP) is 16.6. The van der Waals surface area contributed by atoms with E-state index in [4.69, 9.17) is 11.0 Å². The molecule has 2 aromatic heterocycles. The highest BCUT2D eigenvalue weighted by Gasteiger charge is 2.45. The predicted molar refractivity (Wildman–Crippen MR) is 319 cm³/mol. The molecule has 2 aliphatic heterocycles. The molecule has 2 aliphatic rings. The lowest BCUT2D eigenvalue weighted by atomic mass is 9.33. The molecule has 4 heterocycles. The lowest BCUT2D eigenvalue weighted by molar-refractivity contribution is 0.590. The van der Waals surface area contributed by atoms with E-state index in [1.54, 1.807) is 0 Å². The molecule has 13 aromatic rings. The fourth-order valence-electron chi connectivity index (χ4n) is 11.5. The molecule has 0 fully saturated rings. The average Bonchev–Trinajstić information content (AvgIpc) is 1.62. The molecule has 0 radical (unpaired) electrons. The van der Waals surface area contributed by atoms with Gasteiger partial charge in [-0.05, 0) is 123 Å². The van der Waals surface area contributed by atoms with Gasteiger partial charge in [0.05, 0.1) is 49.7 Å². The number of hydrogen-bond donors (Lipinski definition) is 0. The van der Waals surface area contributed by atoms with Crippen LogP contribution in [0.1, 0.15) is 48.3 Å². The number of aromatic nitrogens is 2. The summed E-state index contributed by atoms with van der Waals surface area (Å²) in [5.41, 5.74) is 11.7. The third-order valence-electron chi connectivity index (χ3n) is 14.9. The van der Waals surface area contributed by atoms with Crippen LogP contribution in [0, 0.1) is 0 Å². The van der Waals surface area contributed by atoms with Crippen molar-refractivity contribution in [3.8, 4) is 33.6 Å². The van der Waals surface area contributed by atoms with Crippen molar-refractivity contribution in [3.05, 3.63) is 260 Å². The molecular weight excluding hydrogens is 908 g/mol. The molecular formula is C70H51BN4. The van der Waals surface area contributed by atoms with Crippen molar-refractivity contribution < 1.29 is 21.9 Å². The van der Waals surface area contributed by atoms with Crippen molar-refractivity contribution in [2.75, 3.05) is 9.80 Å². The van der Waals surface area contributed by atoms with Crippen LogP contribution >= 0.6 is 0 Å². The molecule has 5 heteroatoms. The summed E-state index contributed by atoms with van der Waals surface area (Å²) in [4.78, 5) is 4.41. The third-order valence-corrected chi connectivity index (χ3v) is 14.9. The quantitative estimate of drug-likeness (QED) is 0.154. The Morgan fingerprint density at radius 1 is 0.360 bits per heavy atom. The summed E-state index contributed by atoms with van der Waals surface area (Å²) in [6.45, 7) is 5.80. The largest absolute Gasteiger partial charge is 0.311 e. The number of rotatable bonds is 6. The Morgan fingerprint density at radius 3 is 1.28 bits per heavy atom. The molecule has 0 atom stereocenters. The highest BCUT2D eigenvalue weighted by molar-refractivity contribution is 7.00. The first-order chi connectivity index (χ1) is 43.5. The highest BCUT2D eigenvalue weighted by Crippen LogP contribution is 2.49. The Balaban J connectivity index is 1.10. The molecule has 0 unspecified atom stereocenters. The van der Waals surface area contributed by atoms with Gasteiger partial charge in [-0.2, -0.15) is 0 Å². The van der Waals surface area contributed by atoms with Gasteiger partial charge in [-0.1, -0.05) is 196 Å². The van der Waals surface area contributed by atoms with Gasteiger partial charge in [0.25, 0.3) is 6.71 Å². The molecule has 4 nitrogen and oxygen atoms in total. The maximum atomic E-state index is 9.50. The molecule has 354 valence electrons. The third kappa shape index (κ3) is 6.64. The molecule has 0 saturated heterocycles. The van der Waals surface area contributed by atoms with Gasteiger partial charge < -0.3 is 18.9 Å². The van der Waals surface area contributed by atoms with E-state index >= 15 is 0 Å². The van der Waals surface area contributed by atoms with Gasteiger partial charge in [-0.3, -0.25) is 0 Å². The van der Waals surface area contributed by atoms with Gasteiger partial charge >= 0.3 is 0 Å². The fourth-order valence-corrected chi connectivity index (χ4v) is 11.5. The SMILES string of the molecule is [2H]c1c([2H])c([2H])c2c(c1[2H])c1c([2H])c([2H])c([2H])c([2H])c1n2-c1ccc2c(c1)N(c1ccc(-c3ccccc3)cc1)c1cc(C(C)(C)C)cc3c1B2c1ccc(-n2c4c([2H])c([2H])c([2H])c([2H])c4c4c([2H])c([2H])c([2H])c([2H])c42)cc1N3c1ccccc1-c1ccccc1. The van der Waals surface area contributed by atoms with Crippen LogP contribution < -0.4 is 26.2 Å². The number of anilines is 6. The Labute approximate surface area is 460 Å². The van der Waals surface area contributed by atoms with Crippen LogP contribution in [0.2, 0.25) is 0 Å². The maximum Gasteiger partial charge on any atom is 0.252 e. The number of nitrogens with zero attached hydrogens (tertiary/aromatic N) is 4. The summed E-state index contributed by atoms with van der Waals surface area (Å²) in [5, 5.41) is -0.201. The average molecular weight is 975 g/mol. The van der Waals surface area contributed by atoms with E-state index in [9.17, 15) is 11.0 Å². The molecule has 0 bridgehead atoms. The second-order valence-electron chi connectivity index (χ2n) is 20.1. The van der Waals surface area contributed by atoms with Crippen LogP contribution in [0.4, 0.5) is 34.1 Å². The monoisotopic (exact) mass is 975 g/mol. The van der Waals surface area contributed by atoms with E-state index in [-0.39, 0.29) is 43.6 Å². The minimum atomic E-state index is -0.618. The Bertz CT molecular complexity index is 5220. The van der Waals surface area contributed by atoms with Crippen molar-refractivity contribution in [3.63, 3.8) is 0 Å². The van der Waals surface area contributed by atoms with Crippen molar-refractivity contribution in [1.82, 2.24) is 9.13 Å². The first-order valence-corrected chi connectivity index (χ1v) is 24.9. The molecule has 11 aromatic carbocycles. The van der Waals surface area contributed by atoms with E-state index in [0.29, 0.717) is 22.7 Å². The van der Waals surface area contributed by atoms with Gasteiger partial charge in [0, 0.05) is 66.9 Å². The first kappa shape index (κ1) is 30.0. The molecule has 0 spiro atoms. The van der Waals surface area contributed by atoms with Gasteiger partial charge in [0.1, 0.15) is 0 Å². The lowest BCUT2D eigenvalue weighted by Gasteiger charge is -2.45. The van der Waals surface area contributed by atoms with Crippen molar-refractivity contribution >= 4 is 101 Å². The van der Waals surface area contributed by atoms with E-state index in [1.807, 2.05) is 109 Å². The minimum absolute atomic E-state index is 0.0247. The van der Waals surface area contributed by atoms with Gasteiger partial charge in [-0.25, -0.2) is 0 Å². The van der Waals surface area contributed by atoms with Crippen LogP contribution in [0.3, 0.4) is 0 Å². The van der Waals surface area contributed by atoms with E-state index < -0.39 is 109 Å². The second-order valence-corrected chi connectivity index (χ2v) is 20.1. The van der Waals surface area contributed by atoms with Gasteiger partial charge in [-0.15, -0.1) is 0 Å². The summed E-state index contributed by atoms with van der Waals surface area (Å²) >= 11 is 0. The fraction of sp³-hybridized carbons (Fsp3) is 0.0571. The van der Waals surface area contributed by atoms with E-state index in [1.165, 1.54) is 9.13 Å². The molecule has 75 heavy (non-hydrogen) atoms. The van der Waals surface area contributed by atoms with Gasteiger partial charge in [0.15, 0.2) is 0 Å². The zero-order valence-corrected chi connectivity index (χ0v) is 40.9. The summed E-state index contributed by atoms with van der Waals surface area (Å²) in [7, 11) is 0. The van der Waals surface area contributed by atoms with Crippen LogP contribution in [0.15, 0.2) is 254 Å². The summed E-state index contributed by atoms with van der Waals surface area (Å²) in [6.07, 6.45) is 0. The van der Waals surface area contributed by atoms with E-state index in [2.05, 4.69) is 79.1 Å². The molecule has 0 N–H and O–H groups in total. The van der Waals surface area contributed by atoms with Crippen LogP contribution in [0.5, 0.6) is 0 Å². The smallest absolute Gasteiger partial charge is 0.252 e. The Kier molecular flexibility index (Phi) is 6.65. The molecule has 0 saturated carbocycles. The van der Waals surface area contributed by atoms with E-state index in [0.717, 1.165) is 67.0 Å². The number of fused-ring (bicyclic) bond motifs is 10. The van der Waals surface area contributed by atoms with Crippen LogP contribution in [-0.2, 0) is 5.41 Å². The Hall–Kier alpha value is -9.32. The summed E-state index contributed by atoms with van der Waals surface area (Å²) < 4.78 is 149. The van der Waals surface area contributed by atoms with Crippen LogP contribution in [0.25, 0.3) is 77.2 Å². The number of para-hydroxylation sites is 5. The molecule has 0 aliphatic carbocycles. The number of hydrogen-bond acceptors (Lipinski definition) is 2. The van der Waals surface area contributed by atoms with Crippen LogP contribution in [-0.4, -0.2) is 15.8 Å². The first-order valence-electron chi connectivity index (χ1n) is 32.9. The summed E-state index contributed by atoms with van der Waals surface area (Å²) in [6, 6.07) is 44.3. The summed E-state index contributed by atoms with van der Waals surface area (Å²) in [5.74, 6) is 0. The topological polar surface area (TPSA) is 16.3 Å². The van der Waals surface area contributed by atoms with Crippen molar-refractivity contribution in [2.45, 2.75) is 26.2 Å². The maximum absolute atomic E-state index is 9.50.